The van der Waals surface area contributed by atoms with Crippen LogP contribution in [0.3, 0.4) is 0 Å². The van der Waals surface area contributed by atoms with Gasteiger partial charge >= 0.3 is 6.18 Å². The molecule has 2 aromatic rings. The van der Waals surface area contributed by atoms with E-state index in [-0.39, 0.29) is 30.5 Å². The van der Waals surface area contributed by atoms with Crippen LogP contribution in [0.2, 0.25) is 0 Å². The normalized spacial score (nSPS) is 16.9. The Morgan fingerprint density at radius 3 is 2.39 bits per heavy atom. The average molecular weight is 535 g/mol. The van der Waals surface area contributed by atoms with Crippen LogP contribution in [-0.4, -0.2) is 109 Å². The highest BCUT2D eigenvalue weighted by molar-refractivity contribution is 5.92. The van der Waals surface area contributed by atoms with Crippen LogP contribution in [0.15, 0.2) is 36.7 Å². The first-order chi connectivity index (χ1) is 18.2. The van der Waals surface area contributed by atoms with E-state index in [9.17, 15) is 22.8 Å². The molecule has 0 aliphatic carbocycles. The summed E-state index contributed by atoms with van der Waals surface area (Å²) in [7, 11) is 0. The molecule has 206 valence electrons. The van der Waals surface area contributed by atoms with E-state index in [0.29, 0.717) is 63.9 Å². The van der Waals surface area contributed by atoms with Crippen molar-refractivity contribution in [3.8, 4) is 0 Å². The highest BCUT2D eigenvalue weighted by atomic mass is 19.4. The van der Waals surface area contributed by atoms with E-state index in [4.69, 9.17) is 4.74 Å². The van der Waals surface area contributed by atoms with Crippen molar-refractivity contribution in [2.75, 3.05) is 77.0 Å². The topological polar surface area (TPSA) is 82.1 Å². The number of benzene rings is 1. The largest absolute Gasteiger partial charge is 0.416 e. The first-order valence-electron chi connectivity index (χ1n) is 12.8. The molecule has 0 bridgehead atoms. The van der Waals surface area contributed by atoms with Gasteiger partial charge in [-0.1, -0.05) is 6.07 Å². The Kier molecular flexibility index (Phi) is 9.16. The molecule has 0 N–H and O–H groups in total. The van der Waals surface area contributed by atoms with Crippen molar-refractivity contribution < 1.29 is 27.5 Å². The Bertz CT molecular complexity index is 1080. The number of piperazine rings is 1. The molecule has 2 aliphatic heterocycles. The van der Waals surface area contributed by atoms with Gasteiger partial charge in [0.25, 0.3) is 5.91 Å². The number of halogens is 3. The fraction of sp³-hybridized carbons (Fsp3) is 0.538. The lowest BCUT2D eigenvalue weighted by Crippen LogP contribution is -2.50. The number of rotatable bonds is 8. The van der Waals surface area contributed by atoms with Gasteiger partial charge in [-0.15, -0.1) is 0 Å². The second-order valence-electron chi connectivity index (χ2n) is 9.46. The van der Waals surface area contributed by atoms with E-state index in [1.807, 2.05) is 4.90 Å². The number of aromatic nitrogens is 2. The monoisotopic (exact) mass is 534 g/mol. The zero-order valence-corrected chi connectivity index (χ0v) is 21.5. The summed E-state index contributed by atoms with van der Waals surface area (Å²) in [6.45, 7) is 7.73. The van der Waals surface area contributed by atoms with E-state index in [1.54, 1.807) is 29.0 Å². The number of carbonyl (C=O) groups is 2. The first kappa shape index (κ1) is 27.8. The second-order valence-corrected chi connectivity index (χ2v) is 9.46. The molecule has 2 fully saturated rings. The molecule has 38 heavy (non-hydrogen) atoms. The summed E-state index contributed by atoms with van der Waals surface area (Å²) in [6.07, 6.45) is -1.25. The fourth-order valence-electron chi connectivity index (χ4n) is 4.55. The molecule has 4 rings (SSSR count). The predicted octanol–water partition coefficient (Wildman–Crippen LogP) is 2.32. The number of alkyl halides is 3. The highest BCUT2D eigenvalue weighted by Crippen LogP contribution is 2.31. The minimum Gasteiger partial charge on any atom is -0.379 e. The average Bonchev–Trinajstić information content (AvgIpc) is 2.93. The van der Waals surface area contributed by atoms with Gasteiger partial charge in [0.2, 0.25) is 5.91 Å². The van der Waals surface area contributed by atoms with Crippen molar-refractivity contribution in [1.82, 2.24) is 24.7 Å². The van der Waals surface area contributed by atoms with Crippen LogP contribution in [0, 0.1) is 6.92 Å². The van der Waals surface area contributed by atoms with E-state index in [2.05, 4.69) is 14.9 Å². The molecule has 0 atom stereocenters. The summed E-state index contributed by atoms with van der Waals surface area (Å²) < 4.78 is 44.6. The van der Waals surface area contributed by atoms with Crippen molar-refractivity contribution >= 4 is 17.5 Å². The lowest BCUT2D eigenvalue weighted by Gasteiger charge is -2.36. The molecule has 0 saturated carbocycles. The molecule has 0 radical (unpaired) electrons. The highest BCUT2D eigenvalue weighted by Gasteiger charge is 2.31. The molecule has 2 saturated heterocycles. The minimum atomic E-state index is -4.40. The van der Waals surface area contributed by atoms with Gasteiger partial charge < -0.3 is 19.4 Å². The van der Waals surface area contributed by atoms with Gasteiger partial charge in [0, 0.05) is 77.2 Å². The number of ether oxygens (including phenoxy) is 1. The number of aryl methyl sites for hydroxylation is 1. The van der Waals surface area contributed by atoms with E-state index in [1.165, 1.54) is 12.3 Å². The van der Waals surface area contributed by atoms with E-state index < -0.39 is 11.7 Å². The Balaban J connectivity index is 1.32. The van der Waals surface area contributed by atoms with Crippen molar-refractivity contribution in [3.05, 3.63) is 53.6 Å². The number of nitrogens with zero attached hydrogens (tertiary/aromatic N) is 6. The van der Waals surface area contributed by atoms with E-state index in [0.717, 1.165) is 25.2 Å². The molecule has 0 spiro atoms. The minimum absolute atomic E-state index is 0.0899. The Morgan fingerprint density at radius 1 is 1.00 bits per heavy atom. The molecule has 2 aliphatic rings. The number of carbonyl (C=O) groups excluding carboxylic acids is 2. The van der Waals surface area contributed by atoms with Crippen LogP contribution in [0.4, 0.5) is 18.9 Å². The SMILES string of the molecule is Cc1cnc(C(=O)N(CCC(=O)N2CCN(c3cccc(C(F)(F)F)c3)CC2)CCN2CCOCC2)cn1. The molecule has 1 aromatic heterocycles. The summed E-state index contributed by atoms with van der Waals surface area (Å²) >= 11 is 0. The molecule has 0 unspecified atom stereocenters. The molecular weight excluding hydrogens is 501 g/mol. The summed E-state index contributed by atoms with van der Waals surface area (Å²) in [4.78, 5) is 42.0. The number of amides is 2. The molecular formula is C26H33F3N6O3. The molecule has 3 heterocycles. The van der Waals surface area contributed by atoms with Gasteiger partial charge in [0.05, 0.1) is 30.7 Å². The van der Waals surface area contributed by atoms with Crippen molar-refractivity contribution in [3.63, 3.8) is 0 Å². The van der Waals surface area contributed by atoms with Crippen LogP contribution in [-0.2, 0) is 15.7 Å². The van der Waals surface area contributed by atoms with Crippen molar-refractivity contribution in [2.45, 2.75) is 19.5 Å². The quantitative estimate of drug-likeness (QED) is 0.514. The maximum Gasteiger partial charge on any atom is 0.416 e. The fourth-order valence-corrected chi connectivity index (χ4v) is 4.55. The lowest BCUT2D eigenvalue weighted by atomic mass is 10.1. The lowest BCUT2D eigenvalue weighted by molar-refractivity contribution is -0.137. The van der Waals surface area contributed by atoms with Crippen LogP contribution >= 0.6 is 0 Å². The second kappa shape index (κ2) is 12.5. The third kappa shape index (κ3) is 7.41. The van der Waals surface area contributed by atoms with E-state index >= 15 is 0 Å². The maximum atomic E-state index is 13.2. The number of anilines is 1. The van der Waals surface area contributed by atoms with Gasteiger partial charge in [-0.05, 0) is 25.1 Å². The number of hydrogen-bond acceptors (Lipinski definition) is 7. The van der Waals surface area contributed by atoms with Crippen molar-refractivity contribution in [2.24, 2.45) is 0 Å². The predicted molar refractivity (Wildman–Crippen MR) is 135 cm³/mol. The van der Waals surface area contributed by atoms with Gasteiger partial charge in [-0.3, -0.25) is 19.5 Å². The Morgan fingerprint density at radius 2 is 1.74 bits per heavy atom. The molecule has 12 heteroatoms. The molecule has 1 aromatic carbocycles. The van der Waals surface area contributed by atoms with Crippen LogP contribution < -0.4 is 4.90 Å². The van der Waals surface area contributed by atoms with Gasteiger partial charge in [0.1, 0.15) is 5.69 Å². The summed E-state index contributed by atoms with van der Waals surface area (Å²) in [5.41, 5.74) is 0.750. The third-order valence-electron chi connectivity index (χ3n) is 6.84. The standard InChI is InChI=1S/C26H33F3N6O3/c1-20-18-31-23(19-30-20)25(37)35(8-7-32-13-15-38-16-14-32)6-5-24(36)34-11-9-33(10-12-34)22-4-2-3-21(17-22)26(27,28)29/h2-4,17-19H,5-16H2,1H3. The zero-order chi connectivity index (χ0) is 27.1. The van der Waals surface area contributed by atoms with Gasteiger partial charge in [-0.2, -0.15) is 13.2 Å². The molecule has 2 amide bonds. The molecule has 9 nitrogen and oxygen atoms in total. The summed E-state index contributed by atoms with van der Waals surface area (Å²) in [6, 6.07) is 5.25. The zero-order valence-electron chi connectivity index (χ0n) is 21.5. The smallest absolute Gasteiger partial charge is 0.379 e. The summed E-state index contributed by atoms with van der Waals surface area (Å²) in [5, 5.41) is 0. The summed E-state index contributed by atoms with van der Waals surface area (Å²) in [5.74, 6) is -0.360. The first-order valence-corrected chi connectivity index (χ1v) is 12.8. The Hall–Kier alpha value is -3.25. The van der Waals surface area contributed by atoms with Crippen LogP contribution in [0.5, 0.6) is 0 Å². The maximum absolute atomic E-state index is 13.2. The van der Waals surface area contributed by atoms with Crippen LogP contribution in [0.1, 0.15) is 28.2 Å². The van der Waals surface area contributed by atoms with Gasteiger partial charge in [0.15, 0.2) is 0 Å². The Labute approximate surface area is 220 Å². The van der Waals surface area contributed by atoms with Gasteiger partial charge in [-0.25, -0.2) is 4.98 Å². The van der Waals surface area contributed by atoms with Crippen molar-refractivity contribution in [1.29, 1.82) is 0 Å². The number of hydrogen-bond donors (Lipinski definition) is 0. The van der Waals surface area contributed by atoms with Crippen LogP contribution in [0.25, 0.3) is 0 Å². The number of morpholine rings is 1. The third-order valence-corrected chi connectivity index (χ3v) is 6.84.